The zero-order valence-electron chi connectivity index (χ0n) is 15.9. The van der Waals surface area contributed by atoms with Crippen molar-refractivity contribution in [1.82, 2.24) is 4.72 Å². The van der Waals surface area contributed by atoms with Crippen LogP contribution in [0.3, 0.4) is 0 Å². The Morgan fingerprint density at radius 3 is 2.08 bits per heavy atom. The van der Waals surface area contributed by atoms with Crippen LogP contribution >= 0.6 is 0 Å². The molecule has 0 amide bonds. The Kier molecular flexibility index (Phi) is 3.90. The van der Waals surface area contributed by atoms with Crippen molar-refractivity contribution in [2.24, 2.45) is 29.1 Å². The molecular formula is C21H31NO2S. The highest BCUT2D eigenvalue weighted by Crippen LogP contribution is 2.62. The summed E-state index contributed by atoms with van der Waals surface area (Å²) in [7, 11) is -3.44. The Bertz CT molecular complexity index is 744. The molecule has 4 aliphatic carbocycles. The van der Waals surface area contributed by atoms with Gasteiger partial charge in [-0.05, 0) is 80.2 Å². The van der Waals surface area contributed by atoms with Crippen molar-refractivity contribution in [2.45, 2.75) is 70.2 Å². The quantitative estimate of drug-likeness (QED) is 0.861. The van der Waals surface area contributed by atoms with Gasteiger partial charge in [0.25, 0.3) is 0 Å². The third-order valence-electron chi connectivity index (χ3n) is 6.96. The summed E-state index contributed by atoms with van der Waals surface area (Å²) >= 11 is 0. The molecule has 1 aromatic carbocycles. The molecule has 5 rings (SSSR count). The van der Waals surface area contributed by atoms with Gasteiger partial charge in [-0.25, -0.2) is 13.1 Å². The average Bonchev–Trinajstić information content (AvgIpc) is 2.43. The van der Waals surface area contributed by atoms with Crippen LogP contribution in [0.4, 0.5) is 0 Å². The van der Waals surface area contributed by atoms with Gasteiger partial charge in [0, 0.05) is 5.54 Å². The van der Waals surface area contributed by atoms with Crippen molar-refractivity contribution < 1.29 is 8.42 Å². The fraction of sp³-hybridized carbons (Fsp3) is 0.714. The van der Waals surface area contributed by atoms with Gasteiger partial charge in [0.05, 0.1) is 4.90 Å². The number of sulfonamides is 1. The second-order valence-electron chi connectivity index (χ2n) is 10.1. The van der Waals surface area contributed by atoms with Crippen LogP contribution in [0.5, 0.6) is 0 Å². The topological polar surface area (TPSA) is 46.2 Å². The van der Waals surface area contributed by atoms with Gasteiger partial charge in [0.15, 0.2) is 0 Å². The first-order chi connectivity index (χ1) is 11.6. The van der Waals surface area contributed by atoms with E-state index in [4.69, 9.17) is 0 Å². The highest BCUT2D eigenvalue weighted by molar-refractivity contribution is 7.89. The smallest absolute Gasteiger partial charge is 0.207 e. The van der Waals surface area contributed by atoms with E-state index in [2.05, 4.69) is 25.5 Å². The van der Waals surface area contributed by atoms with E-state index < -0.39 is 10.0 Å². The van der Waals surface area contributed by atoms with Gasteiger partial charge < -0.3 is 0 Å². The summed E-state index contributed by atoms with van der Waals surface area (Å²) in [5, 5.41) is 0. The molecule has 4 fully saturated rings. The summed E-state index contributed by atoms with van der Waals surface area (Å²) in [6, 6.07) is 7.22. The van der Waals surface area contributed by atoms with Gasteiger partial charge in [-0.1, -0.05) is 38.5 Å². The summed E-state index contributed by atoms with van der Waals surface area (Å²) < 4.78 is 29.2. The number of aryl methyl sites for hydroxylation is 1. The first-order valence-corrected chi connectivity index (χ1v) is 11.2. The molecule has 2 unspecified atom stereocenters. The van der Waals surface area contributed by atoms with E-state index in [1.54, 1.807) is 12.1 Å². The zero-order chi connectivity index (χ0) is 18.0. The highest BCUT2D eigenvalue weighted by atomic mass is 32.2. The van der Waals surface area contributed by atoms with Gasteiger partial charge in [-0.15, -0.1) is 0 Å². The van der Waals surface area contributed by atoms with Crippen molar-refractivity contribution in [2.75, 3.05) is 0 Å². The minimum atomic E-state index is -3.44. The molecule has 1 aromatic rings. The van der Waals surface area contributed by atoms with Crippen molar-refractivity contribution in [3.63, 3.8) is 0 Å². The normalized spacial score (nSPS) is 37.4. The van der Waals surface area contributed by atoms with Crippen LogP contribution in [0.2, 0.25) is 0 Å². The summed E-state index contributed by atoms with van der Waals surface area (Å²) in [6.45, 7) is 9.07. The molecule has 0 heterocycles. The summed E-state index contributed by atoms with van der Waals surface area (Å²) in [5.74, 6) is 2.79. The van der Waals surface area contributed by atoms with Gasteiger partial charge in [0.1, 0.15) is 0 Å². The molecule has 4 bridgehead atoms. The molecule has 4 heteroatoms. The number of hydrogen-bond acceptors (Lipinski definition) is 2. The molecule has 138 valence electrons. The minimum Gasteiger partial charge on any atom is -0.207 e. The molecule has 0 spiro atoms. The van der Waals surface area contributed by atoms with Crippen molar-refractivity contribution in [3.05, 3.63) is 29.8 Å². The monoisotopic (exact) mass is 361 g/mol. The van der Waals surface area contributed by atoms with E-state index in [0.717, 1.165) is 30.7 Å². The van der Waals surface area contributed by atoms with Crippen LogP contribution in [-0.4, -0.2) is 14.0 Å². The third kappa shape index (κ3) is 3.06. The lowest BCUT2D eigenvalue weighted by Gasteiger charge is -2.62. The van der Waals surface area contributed by atoms with Crippen LogP contribution in [0.25, 0.3) is 0 Å². The average molecular weight is 362 g/mol. The molecular weight excluding hydrogens is 330 g/mol. The Morgan fingerprint density at radius 1 is 1.00 bits per heavy atom. The van der Waals surface area contributed by atoms with E-state index in [9.17, 15) is 8.42 Å². The van der Waals surface area contributed by atoms with Gasteiger partial charge >= 0.3 is 0 Å². The molecule has 0 aromatic heterocycles. The van der Waals surface area contributed by atoms with Crippen LogP contribution < -0.4 is 4.72 Å². The molecule has 0 radical (unpaired) electrons. The molecule has 0 aliphatic heterocycles. The van der Waals surface area contributed by atoms with Crippen LogP contribution in [-0.2, 0) is 10.0 Å². The van der Waals surface area contributed by atoms with E-state index in [1.807, 2.05) is 19.1 Å². The van der Waals surface area contributed by atoms with Crippen LogP contribution in [0.1, 0.15) is 58.4 Å². The third-order valence-corrected chi connectivity index (χ3v) is 8.55. The van der Waals surface area contributed by atoms with Crippen molar-refractivity contribution >= 4 is 10.0 Å². The molecule has 2 atom stereocenters. The van der Waals surface area contributed by atoms with Crippen molar-refractivity contribution in [3.8, 4) is 0 Å². The maximum atomic E-state index is 13.0. The SMILES string of the molecule is Cc1ccc(S(=O)(=O)NC23CC4CC(C2)C(C(C)(C)C)C(C4)C3)cc1. The molecule has 1 N–H and O–H groups in total. The lowest BCUT2D eigenvalue weighted by atomic mass is 9.45. The first-order valence-electron chi connectivity index (χ1n) is 9.69. The van der Waals surface area contributed by atoms with E-state index in [1.165, 1.54) is 12.8 Å². The van der Waals surface area contributed by atoms with Gasteiger partial charge in [0.2, 0.25) is 10.0 Å². The van der Waals surface area contributed by atoms with E-state index in [-0.39, 0.29) is 5.54 Å². The fourth-order valence-corrected chi connectivity index (χ4v) is 8.06. The summed E-state index contributed by atoms with van der Waals surface area (Å²) in [4.78, 5) is 0.404. The lowest BCUT2D eigenvalue weighted by molar-refractivity contribution is -0.0969. The number of hydrogen-bond donors (Lipinski definition) is 1. The largest absolute Gasteiger partial charge is 0.241 e. The van der Waals surface area contributed by atoms with Gasteiger partial charge in [-0.3, -0.25) is 0 Å². The maximum Gasteiger partial charge on any atom is 0.241 e. The van der Waals surface area contributed by atoms with Crippen LogP contribution in [0.15, 0.2) is 29.2 Å². The predicted octanol–water partition coefficient (Wildman–Crippen LogP) is 4.51. The standard InChI is InChI=1S/C21H31NO2S/c1-14-5-7-18(8-6-14)25(23,24)22-21-11-15-9-16(12-21)19(20(2,3)4)17(10-15)13-21/h5-8,15-17,19,22H,9-13H2,1-4H3. The highest BCUT2D eigenvalue weighted by Gasteiger charge is 2.58. The number of benzene rings is 1. The molecule has 0 saturated heterocycles. The van der Waals surface area contributed by atoms with E-state index >= 15 is 0 Å². The zero-order valence-corrected chi connectivity index (χ0v) is 16.7. The first kappa shape index (κ1) is 17.5. The Labute approximate surface area is 152 Å². The fourth-order valence-electron chi connectivity index (χ4n) is 6.62. The molecule has 4 aliphatic rings. The predicted molar refractivity (Wildman–Crippen MR) is 101 cm³/mol. The van der Waals surface area contributed by atoms with E-state index in [0.29, 0.717) is 28.1 Å². The maximum absolute atomic E-state index is 13.0. The molecule has 3 nitrogen and oxygen atoms in total. The van der Waals surface area contributed by atoms with Gasteiger partial charge in [-0.2, -0.15) is 0 Å². The molecule has 4 saturated carbocycles. The number of rotatable bonds is 3. The summed E-state index contributed by atoms with van der Waals surface area (Å²) in [5.41, 5.74) is 1.20. The number of nitrogens with one attached hydrogen (secondary N) is 1. The second-order valence-corrected chi connectivity index (χ2v) is 11.7. The lowest BCUT2D eigenvalue weighted by Crippen LogP contribution is -2.63. The minimum absolute atomic E-state index is 0.206. The Morgan fingerprint density at radius 2 is 1.56 bits per heavy atom. The Hall–Kier alpha value is -0.870. The molecule has 25 heavy (non-hydrogen) atoms. The van der Waals surface area contributed by atoms with Crippen LogP contribution in [0, 0.1) is 36.0 Å². The van der Waals surface area contributed by atoms with Crippen molar-refractivity contribution in [1.29, 1.82) is 0 Å². The second kappa shape index (κ2) is 5.56. The summed E-state index contributed by atoms with van der Waals surface area (Å²) in [6.07, 6.45) is 5.67. The Balaban J connectivity index is 1.61.